The molecule has 1 aliphatic heterocycles. The third-order valence-electron chi connectivity index (χ3n) is 3.36. The molecule has 0 saturated carbocycles. The van der Waals surface area contributed by atoms with Crippen molar-refractivity contribution in [3.63, 3.8) is 0 Å². The zero-order chi connectivity index (χ0) is 14.8. The Labute approximate surface area is 123 Å². The topological polar surface area (TPSA) is 46.6 Å². The van der Waals surface area contributed by atoms with Crippen molar-refractivity contribution in [1.29, 1.82) is 0 Å². The standard InChI is InChI=1S/C17H15NO3/c1-2-11-21-13-9-7-12(8-10-13)18-16(19)14-5-3-4-6-15(14)17(18)20/h3-10H,2,11H2,1H3. The molecule has 4 nitrogen and oxygen atoms in total. The van der Waals surface area contributed by atoms with Gasteiger partial charge in [-0.1, -0.05) is 19.1 Å². The molecule has 0 aliphatic carbocycles. The Balaban J connectivity index is 1.88. The normalized spacial score (nSPS) is 13.5. The van der Waals surface area contributed by atoms with Crippen LogP contribution in [0.25, 0.3) is 0 Å². The lowest BCUT2D eigenvalue weighted by atomic mass is 10.1. The van der Waals surface area contributed by atoms with Crippen LogP contribution in [0.4, 0.5) is 5.69 Å². The minimum atomic E-state index is -0.280. The summed E-state index contributed by atoms with van der Waals surface area (Å²) >= 11 is 0. The van der Waals surface area contributed by atoms with Gasteiger partial charge in [0.05, 0.1) is 23.4 Å². The first-order chi connectivity index (χ1) is 10.2. The highest BCUT2D eigenvalue weighted by atomic mass is 16.5. The molecule has 0 atom stereocenters. The van der Waals surface area contributed by atoms with Gasteiger partial charge in [0.25, 0.3) is 11.8 Å². The molecule has 2 aromatic rings. The van der Waals surface area contributed by atoms with Crippen molar-refractivity contribution in [2.24, 2.45) is 0 Å². The molecule has 0 fully saturated rings. The number of nitrogens with zero attached hydrogens (tertiary/aromatic N) is 1. The second-order valence-electron chi connectivity index (χ2n) is 4.83. The molecule has 0 saturated heterocycles. The van der Waals surface area contributed by atoms with Crippen LogP contribution in [0.3, 0.4) is 0 Å². The van der Waals surface area contributed by atoms with Crippen LogP contribution in [-0.2, 0) is 0 Å². The SMILES string of the molecule is CCCOc1ccc(N2C(=O)c3ccccc3C2=O)cc1. The summed E-state index contributed by atoms with van der Waals surface area (Å²) in [5, 5.41) is 0. The second kappa shape index (κ2) is 5.40. The molecule has 2 aromatic carbocycles. The Bertz CT molecular complexity index is 656. The van der Waals surface area contributed by atoms with Gasteiger partial charge < -0.3 is 4.74 Å². The van der Waals surface area contributed by atoms with Crippen LogP contribution >= 0.6 is 0 Å². The predicted molar refractivity (Wildman–Crippen MR) is 79.8 cm³/mol. The van der Waals surface area contributed by atoms with Gasteiger partial charge in [-0.25, -0.2) is 4.90 Å². The third-order valence-corrected chi connectivity index (χ3v) is 3.36. The Morgan fingerprint density at radius 3 is 2.00 bits per heavy atom. The maximum absolute atomic E-state index is 12.3. The number of hydrogen-bond acceptors (Lipinski definition) is 3. The number of rotatable bonds is 4. The fourth-order valence-electron chi connectivity index (χ4n) is 2.34. The smallest absolute Gasteiger partial charge is 0.266 e. The maximum Gasteiger partial charge on any atom is 0.266 e. The summed E-state index contributed by atoms with van der Waals surface area (Å²) in [5.74, 6) is 0.174. The van der Waals surface area contributed by atoms with Gasteiger partial charge >= 0.3 is 0 Å². The number of imide groups is 1. The van der Waals surface area contributed by atoms with E-state index in [1.165, 1.54) is 4.90 Å². The van der Waals surface area contributed by atoms with Crippen LogP contribution in [-0.4, -0.2) is 18.4 Å². The molecule has 106 valence electrons. The first kappa shape index (κ1) is 13.4. The molecule has 1 heterocycles. The molecule has 0 aromatic heterocycles. The van der Waals surface area contributed by atoms with Crippen molar-refractivity contribution in [2.45, 2.75) is 13.3 Å². The molecule has 4 heteroatoms. The highest BCUT2D eigenvalue weighted by Gasteiger charge is 2.36. The molecule has 0 N–H and O–H groups in total. The van der Waals surface area contributed by atoms with E-state index < -0.39 is 0 Å². The number of hydrogen-bond donors (Lipinski definition) is 0. The lowest BCUT2D eigenvalue weighted by Crippen LogP contribution is -2.29. The number of benzene rings is 2. The first-order valence-electron chi connectivity index (χ1n) is 6.93. The second-order valence-corrected chi connectivity index (χ2v) is 4.83. The van der Waals surface area contributed by atoms with Crippen LogP contribution < -0.4 is 9.64 Å². The average Bonchev–Trinajstić information content (AvgIpc) is 2.78. The molecule has 0 unspecified atom stereocenters. The van der Waals surface area contributed by atoms with E-state index >= 15 is 0 Å². The van der Waals surface area contributed by atoms with E-state index in [9.17, 15) is 9.59 Å². The van der Waals surface area contributed by atoms with Crippen LogP contribution in [0, 0.1) is 0 Å². The van der Waals surface area contributed by atoms with Gasteiger partial charge in [-0.3, -0.25) is 9.59 Å². The average molecular weight is 281 g/mol. The van der Waals surface area contributed by atoms with Crippen LogP contribution in [0.1, 0.15) is 34.1 Å². The van der Waals surface area contributed by atoms with Crippen molar-refractivity contribution in [3.8, 4) is 5.75 Å². The van der Waals surface area contributed by atoms with E-state index in [2.05, 4.69) is 0 Å². The molecule has 0 radical (unpaired) electrons. The largest absolute Gasteiger partial charge is 0.494 e. The molecule has 0 spiro atoms. The van der Waals surface area contributed by atoms with E-state index in [1.807, 2.05) is 6.92 Å². The van der Waals surface area contributed by atoms with E-state index in [1.54, 1.807) is 48.5 Å². The summed E-state index contributed by atoms with van der Waals surface area (Å²) < 4.78 is 5.50. The lowest BCUT2D eigenvalue weighted by molar-refractivity contribution is 0.0926. The molecule has 1 aliphatic rings. The molecule has 2 amide bonds. The molecule has 21 heavy (non-hydrogen) atoms. The van der Waals surface area contributed by atoms with Crippen LogP contribution in [0.5, 0.6) is 5.75 Å². The summed E-state index contributed by atoms with van der Waals surface area (Å²) in [5.41, 5.74) is 1.47. The molecule has 3 rings (SSSR count). The van der Waals surface area contributed by atoms with Crippen molar-refractivity contribution < 1.29 is 14.3 Å². The number of fused-ring (bicyclic) bond motifs is 1. The zero-order valence-electron chi connectivity index (χ0n) is 11.7. The molecule has 0 bridgehead atoms. The number of anilines is 1. The monoisotopic (exact) mass is 281 g/mol. The van der Waals surface area contributed by atoms with Crippen molar-refractivity contribution in [1.82, 2.24) is 0 Å². The van der Waals surface area contributed by atoms with Gasteiger partial charge in [0.2, 0.25) is 0 Å². The van der Waals surface area contributed by atoms with Gasteiger partial charge in [-0.2, -0.15) is 0 Å². The van der Waals surface area contributed by atoms with Crippen LogP contribution in [0.2, 0.25) is 0 Å². The fourth-order valence-corrected chi connectivity index (χ4v) is 2.34. The third kappa shape index (κ3) is 2.29. The molecular weight excluding hydrogens is 266 g/mol. The van der Waals surface area contributed by atoms with E-state index in [-0.39, 0.29) is 11.8 Å². The predicted octanol–water partition coefficient (Wildman–Crippen LogP) is 3.28. The summed E-state index contributed by atoms with van der Waals surface area (Å²) in [7, 11) is 0. The van der Waals surface area contributed by atoms with Gasteiger partial charge in [-0.05, 0) is 42.8 Å². The van der Waals surface area contributed by atoms with E-state index in [4.69, 9.17) is 4.74 Å². The number of amides is 2. The zero-order valence-corrected chi connectivity index (χ0v) is 11.7. The van der Waals surface area contributed by atoms with Crippen molar-refractivity contribution in [2.75, 3.05) is 11.5 Å². The minimum Gasteiger partial charge on any atom is -0.494 e. The number of carbonyl (C=O) groups excluding carboxylic acids is 2. The Kier molecular flexibility index (Phi) is 3.44. The highest BCUT2D eigenvalue weighted by molar-refractivity contribution is 6.34. The van der Waals surface area contributed by atoms with Gasteiger partial charge in [0.1, 0.15) is 5.75 Å². The lowest BCUT2D eigenvalue weighted by Gasteiger charge is -2.14. The van der Waals surface area contributed by atoms with E-state index in [0.717, 1.165) is 12.2 Å². The number of ether oxygens (including phenoxy) is 1. The van der Waals surface area contributed by atoms with Gasteiger partial charge in [0.15, 0.2) is 0 Å². The summed E-state index contributed by atoms with van der Waals surface area (Å²) in [4.78, 5) is 25.9. The molecular formula is C17H15NO3. The number of carbonyl (C=O) groups is 2. The van der Waals surface area contributed by atoms with Crippen LogP contribution in [0.15, 0.2) is 48.5 Å². The quantitative estimate of drug-likeness (QED) is 0.808. The summed E-state index contributed by atoms with van der Waals surface area (Å²) in [6, 6.07) is 13.9. The Morgan fingerprint density at radius 1 is 0.905 bits per heavy atom. The Hall–Kier alpha value is -2.62. The van der Waals surface area contributed by atoms with Gasteiger partial charge in [0, 0.05) is 0 Å². The maximum atomic E-state index is 12.3. The van der Waals surface area contributed by atoms with Crippen molar-refractivity contribution >= 4 is 17.5 Å². The fraction of sp³-hybridized carbons (Fsp3) is 0.176. The van der Waals surface area contributed by atoms with Gasteiger partial charge in [-0.15, -0.1) is 0 Å². The Morgan fingerprint density at radius 2 is 1.48 bits per heavy atom. The minimum absolute atomic E-state index is 0.280. The van der Waals surface area contributed by atoms with Crippen molar-refractivity contribution in [3.05, 3.63) is 59.7 Å². The first-order valence-corrected chi connectivity index (χ1v) is 6.93. The highest BCUT2D eigenvalue weighted by Crippen LogP contribution is 2.29. The summed E-state index contributed by atoms with van der Waals surface area (Å²) in [6.45, 7) is 2.68. The summed E-state index contributed by atoms with van der Waals surface area (Å²) in [6.07, 6.45) is 0.931. The van der Waals surface area contributed by atoms with E-state index in [0.29, 0.717) is 23.4 Å².